The lowest BCUT2D eigenvalue weighted by Gasteiger charge is -2.20. The molecule has 0 spiro atoms. The van der Waals surface area contributed by atoms with Gasteiger partial charge in [-0.25, -0.2) is 13.7 Å². The van der Waals surface area contributed by atoms with E-state index in [1.54, 1.807) is 14.1 Å². The third-order valence-electron chi connectivity index (χ3n) is 2.12. The van der Waals surface area contributed by atoms with E-state index in [2.05, 4.69) is 6.04 Å². The number of hydrogen-bond donors (Lipinski definition) is 1. The SMILES string of the molecule is C#C[N+](C)(C)c1ccc(C(=O)O)cc1F. The van der Waals surface area contributed by atoms with E-state index in [1.807, 2.05) is 0 Å². The molecule has 1 aromatic rings. The highest BCUT2D eigenvalue weighted by molar-refractivity contribution is 5.88. The molecule has 0 saturated carbocycles. The maximum atomic E-state index is 13.5. The molecule has 0 aliphatic heterocycles. The summed E-state index contributed by atoms with van der Waals surface area (Å²) in [6.45, 7) is 0. The fourth-order valence-electron chi connectivity index (χ4n) is 1.16. The molecule has 15 heavy (non-hydrogen) atoms. The Bertz CT molecular complexity index is 446. The van der Waals surface area contributed by atoms with Gasteiger partial charge in [0.05, 0.1) is 19.7 Å². The molecule has 4 heteroatoms. The molecule has 0 bridgehead atoms. The van der Waals surface area contributed by atoms with Gasteiger partial charge < -0.3 is 5.11 Å². The predicted molar refractivity (Wildman–Crippen MR) is 55.8 cm³/mol. The molecule has 3 nitrogen and oxygen atoms in total. The molecule has 1 N–H and O–H groups in total. The first-order valence-electron chi connectivity index (χ1n) is 4.24. The molecule has 0 unspecified atom stereocenters. The minimum Gasteiger partial charge on any atom is -0.478 e. The highest BCUT2D eigenvalue weighted by Gasteiger charge is 2.22. The van der Waals surface area contributed by atoms with E-state index in [-0.39, 0.29) is 15.7 Å². The van der Waals surface area contributed by atoms with E-state index in [1.165, 1.54) is 12.1 Å². The first-order valence-corrected chi connectivity index (χ1v) is 4.24. The van der Waals surface area contributed by atoms with E-state index in [0.29, 0.717) is 0 Å². The summed E-state index contributed by atoms with van der Waals surface area (Å²) >= 11 is 0. The van der Waals surface area contributed by atoms with Gasteiger partial charge in [-0.3, -0.25) is 0 Å². The third-order valence-corrected chi connectivity index (χ3v) is 2.12. The van der Waals surface area contributed by atoms with Crippen molar-refractivity contribution in [2.45, 2.75) is 0 Å². The van der Waals surface area contributed by atoms with Crippen molar-refractivity contribution >= 4 is 11.7 Å². The van der Waals surface area contributed by atoms with Crippen molar-refractivity contribution in [2.75, 3.05) is 14.1 Å². The molecule has 0 radical (unpaired) electrons. The average Bonchev–Trinajstić information content (AvgIpc) is 2.17. The van der Waals surface area contributed by atoms with Gasteiger partial charge in [0, 0.05) is 6.07 Å². The number of carbonyl (C=O) groups is 1. The standard InChI is InChI=1S/C11H10FNO2/c1-4-13(2,3)10-6-5-8(11(14)15)7-9(10)12/h1,5-7H,2-3H3/p+1. The molecule has 0 heterocycles. The molecule has 0 fully saturated rings. The average molecular weight is 208 g/mol. The summed E-state index contributed by atoms with van der Waals surface area (Å²) in [5.41, 5.74) is 0.177. The van der Waals surface area contributed by atoms with Crippen LogP contribution in [0.5, 0.6) is 0 Å². The van der Waals surface area contributed by atoms with Crippen LogP contribution in [0.25, 0.3) is 0 Å². The van der Waals surface area contributed by atoms with Gasteiger partial charge in [-0.1, -0.05) is 6.42 Å². The number of nitrogens with zero attached hydrogens (tertiary/aromatic N) is 1. The van der Waals surface area contributed by atoms with E-state index < -0.39 is 11.8 Å². The van der Waals surface area contributed by atoms with Gasteiger partial charge in [0.2, 0.25) is 0 Å². The van der Waals surface area contributed by atoms with Crippen molar-refractivity contribution < 1.29 is 14.3 Å². The maximum absolute atomic E-state index is 13.5. The first kappa shape index (κ1) is 11.2. The number of terminal acetylenes is 1. The van der Waals surface area contributed by atoms with Gasteiger partial charge in [-0.15, -0.1) is 0 Å². The first-order chi connectivity index (χ1) is 6.88. The summed E-state index contributed by atoms with van der Waals surface area (Å²) in [7, 11) is 3.28. The second-order valence-corrected chi connectivity index (χ2v) is 3.55. The topological polar surface area (TPSA) is 37.3 Å². The van der Waals surface area contributed by atoms with Crippen LogP contribution in [0.2, 0.25) is 0 Å². The zero-order valence-corrected chi connectivity index (χ0v) is 8.49. The van der Waals surface area contributed by atoms with Crippen molar-refractivity contribution in [3.8, 4) is 12.5 Å². The zero-order chi connectivity index (χ0) is 11.6. The molecule has 0 amide bonds. The number of carboxylic acid groups (broad SMARTS) is 1. The number of aromatic carboxylic acids is 1. The van der Waals surface area contributed by atoms with E-state index in [9.17, 15) is 9.18 Å². The van der Waals surface area contributed by atoms with Crippen molar-refractivity contribution in [3.05, 3.63) is 29.6 Å². The summed E-state index contributed by atoms with van der Waals surface area (Å²) in [5.74, 6) is -1.77. The highest BCUT2D eigenvalue weighted by atomic mass is 19.1. The number of rotatable bonds is 2. The number of hydrogen-bond acceptors (Lipinski definition) is 1. The van der Waals surface area contributed by atoms with Crippen molar-refractivity contribution in [1.82, 2.24) is 4.48 Å². The monoisotopic (exact) mass is 208 g/mol. The molecule has 0 aromatic heterocycles. The minimum absolute atomic E-state index is 0.0776. The highest BCUT2D eigenvalue weighted by Crippen LogP contribution is 2.23. The van der Waals surface area contributed by atoms with E-state index in [0.717, 1.165) is 6.07 Å². The van der Waals surface area contributed by atoms with E-state index >= 15 is 0 Å². The van der Waals surface area contributed by atoms with Crippen LogP contribution in [0.3, 0.4) is 0 Å². The molecule has 0 saturated heterocycles. The smallest absolute Gasteiger partial charge is 0.335 e. The summed E-state index contributed by atoms with van der Waals surface area (Å²) in [6.07, 6.45) is 5.24. The van der Waals surface area contributed by atoms with Crippen molar-refractivity contribution in [2.24, 2.45) is 0 Å². The summed E-state index contributed by atoms with van der Waals surface area (Å²) in [5, 5.41) is 8.65. The van der Waals surface area contributed by atoms with Gasteiger partial charge in [0.15, 0.2) is 11.5 Å². The zero-order valence-electron chi connectivity index (χ0n) is 8.49. The fraction of sp³-hybridized carbons (Fsp3) is 0.182. The Balaban J connectivity index is 3.27. The maximum Gasteiger partial charge on any atom is 0.335 e. The number of quaternary nitrogens is 1. The lowest BCUT2D eigenvalue weighted by atomic mass is 10.2. The van der Waals surface area contributed by atoms with Crippen molar-refractivity contribution in [1.29, 1.82) is 0 Å². The molecule has 0 atom stereocenters. The lowest BCUT2D eigenvalue weighted by molar-refractivity contribution is 0.0696. The van der Waals surface area contributed by atoms with Crippen molar-refractivity contribution in [3.63, 3.8) is 0 Å². The third kappa shape index (κ3) is 2.14. The van der Waals surface area contributed by atoms with Crippen LogP contribution in [0.1, 0.15) is 10.4 Å². The minimum atomic E-state index is -1.16. The Labute approximate surface area is 87.3 Å². The van der Waals surface area contributed by atoms with Gasteiger partial charge in [0.1, 0.15) is 6.04 Å². The van der Waals surface area contributed by atoms with Crippen LogP contribution in [0.15, 0.2) is 18.2 Å². The van der Waals surface area contributed by atoms with Crippen LogP contribution in [-0.2, 0) is 0 Å². The molecule has 0 aliphatic rings. The van der Waals surface area contributed by atoms with Crippen LogP contribution in [-0.4, -0.2) is 25.2 Å². The van der Waals surface area contributed by atoms with E-state index in [4.69, 9.17) is 11.5 Å². The van der Waals surface area contributed by atoms with Crippen LogP contribution >= 0.6 is 0 Å². The summed E-state index contributed by atoms with van der Waals surface area (Å²) < 4.78 is 13.4. The quantitative estimate of drug-likeness (QED) is 0.593. The Morgan fingerprint density at radius 1 is 1.53 bits per heavy atom. The number of benzene rings is 1. The molecule has 1 rings (SSSR count). The van der Waals surface area contributed by atoms with Crippen LogP contribution in [0.4, 0.5) is 10.1 Å². The number of halogens is 1. The van der Waals surface area contributed by atoms with Gasteiger partial charge in [-0.2, -0.15) is 0 Å². The Morgan fingerprint density at radius 2 is 2.13 bits per heavy atom. The van der Waals surface area contributed by atoms with Crippen LogP contribution < -0.4 is 4.48 Å². The second-order valence-electron chi connectivity index (χ2n) is 3.55. The Kier molecular flexibility index (Phi) is 2.78. The van der Waals surface area contributed by atoms with Crippen LogP contribution in [0, 0.1) is 18.3 Å². The summed E-state index contributed by atoms with van der Waals surface area (Å²) in [4.78, 5) is 10.6. The largest absolute Gasteiger partial charge is 0.478 e. The van der Waals surface area contributed by atoms with Gasteiger partial charge in [-0.05, 0) is 12.1 Å². The second kappa shape index (κ2) is 3.71. The normalized spacial score (nSPS) is 10.8. The Hall–Kier alpha value is -1.86. The number of carboxylic acids is 1. The molecule has 1 aromatic carbocycles. The predicted octanol–water partition coefficient (Wildman–Crippen LogP) is 1.68. The molecular weight excluding hydrogens is 197 g/mol. The van der Waals surface area contributed by atoms with Gasteiger partial charge in [0.25, 0.3) is 0 Å². The summed E-state index contributed by atoms with van der Waals surface area (Å²) in [6, 6.07) is 6.08. The Morgan fingerprint density at radius 3 is 2.53 bits per heavy atom. The lowest BCUT2D eigenvalue weighted by Crippen LogP contribution is -2.35. The van der Waals surface area contributed by atoms with Gasteiger partial charge >= 0.3 is 5.97 Å². The molecule has 78 valence electrons. The molecule has 0 aliphatic carbocycles. The fourth-order valence-corrected chi connectivity index (χ4v) is 1.16. The molecular formula is C11H11FNO2+.